The molecule has 0 spiro atoms. The van der Waals surface area contributed by atoms with E-state index in [9.17, 15) is 4.57 Å². The predicted molar refractivity (Wildman–Crippen MR) is 87.7 cm³/mol. The van der Waals surface area contributed by atoms with Crippen LogP contribution < -0.4 is 0 Å². The average Bonchev–Trinajstić information content (AvgIpc) is 2.91. The lowest BCUT2D eigenvalue weighted by Gasteiger charge is -2.30. The van der Waals surface area contributed by atoms with Crippen molar-refractivity contribution in [1.29, 1.82) is 0 Å². The highest BCUT2D eigenvalue weighted by molar-refractivity contribution is 7.23. The van der Waals surface area contributed by atoms with E-state index in [0.717, 1.165) is 30.5 Å². The van der Waals surface area contributed by atoms with Crippen molar-refractivity contribution in [3.05, 3.63) is 17.7 Å². The topological polar surface area (TPSA) is 45.8 Å². The molecule has 1 rings (SSSR count). The lowest BCUT2D eigenvalue weighted by Crippen LogP contribution is -2.17. The summed E-state index contributed by atoms with van der Waals surface area (Å²) >= 11 is 0. The van der Waals surface area contributed by atoms with Crippen LogP contribution in [0.15, 0.2) is 6.20 Å². The van der Waals surface area contributed by atoms with Crippen LogP contribution in [-0.2, 0) is 11.0 Å². The molecule has 20 heavy (non-hydrogen) atoms. The number of aromatic nitrogens is 2. The molecular weight excluding hydrogens is 267 g/mol. The molecular formula is C16H31N2OP. The zero-order chi connectivity index (χ0) is 15.4. The molecule has 4 heteroatoms. The summed E-state index contributed by atoms with van der Waals surface area (Å²) in [5.74, 6) is 1.07. The molecule has 0 saturated carbocycles. The molecule has 1 N–H and O–H groups in total. The highest BCUT2D eigenvalue weighted by atomic mass is 31.1. The lowest BCUT2D eigenvalue weighted by atomic mass is 9.76. The highest BCUT2D eigenvalue weighted by Gasteiger charge is 2.22. The first-order valence-electron chi connectivity index (χ1n) is 7.87. The van der Waals surface area contributed by atoms with Gasteiger partial charge in [-0.25, -0.2) is 4.98 Å². The van der Waals surface area contributed by atoms with Gasteiger partial charge in [0.05, 0.1) is 0 Å². The number of H-pyrrole nitrogens is 1. The number of imidazole rings is 1. The van der Waals surface area contributed by atoms with Gasteiger partial charge < -0.3 is 4.98 Å². The van der Waals surface area contributed by atoms with Crippen LogP contribution in [0.5, 0.6) is 0 Å². The van der Waals surface area contributed by atoms with Gasteiger partial charge in [0.25, 0.3) is 0 Å². The Kier molecular flexibility index (Phi) is 10.6. The predicted octanol–water partition coefficient (Wildman–Crippen LogP) is 5.56. The van der Waals surface area contributed by atoms with Crippen molar-refractivity contribution in [2.75, 3.05) is 6.16 Å². The minimum atomic E-state index is 0.311. The largest absolute Gasteiger partial charge is 0.346 e. The molecule has 0 aliphatic heterocycles. The molecule has 0 unspecified atom stereocenters. The van der Waals surface area contributed by atoms with Gasteiger partial charge in [-0.3, -0.25) is 4.57 Å². The normalized spacial score (nSPS) is 11.2. The van der Waals surface area contributed by atoms with Gasteiger partial charge in [0, 0.05) is 24.5 Å². The molecule has 1 aromatic rings. The minimum absolute atomic E-state index is 0.311. The molecule has 0 amide bonds. The monoisotopic (exact) mass is 298 g/mol. The zero-order valence-corrected chi connectivity index (χ0v) is 14.7. The van der Waals surface area contributed by atoms with Crippen LogP contribution in [-0.4, -0.2) is 16.1 Å². The van der Waals surface area contributed by atoms with Gasteiger partial charge in [0.1, 0.15) is 5.82 Å². The van der Waals surface area contributed by atoms with Gasteiger partial charge >= 0.3 is 0 Å². The number of rotatable bonds is 8. The number of nitrogens with zero attached hydrogens (tertiary/aromatic N) is 1. The van der Waals surface area contributed by atoms with Crippen LogP contribution in [0, 0.1) is 12.3 Å². The standard InChI is InChI=1S/C10H21OP.C6H10N2/c1-4-10(5-2,6-3)8-7-9-12-11;1-3-6-7-4-5(2)8-6/h4-9H2,1-3H3;4H,3H2,1-2H3,(H,7,8). The fourth-order valence-corrected chi connectivity index (χ4v) is 2.73. The van der Waals surface area contributed by atoms with Crippen molar-refractivity contribution in [3.8, 4) is 0 Å². The summed E-state index contributed by atoms with van der Waals surface area (Å²) in [6.45, 7) is 10.9. The van der Waals surface area contributed by atoms with Gasteiger partial charge in [0.15, 0.2) is 8.46 Å². The van der Waals surface area contributed by atoms with E-state index in [1.165, 1.54) is 25.7 Å². The molecule has 0 aliphatic carbocycles. The van der Waals surface area contributed by atoms with Crippen LogP contribution in [0.25, 0.3) is 0 Å². The number of aryl methyl sites for hydroxylation is 2. The van der Waals surface area contributed by atoms with Gasteiger partial charge in [0.2, 0.25) is 0 Å². The number of nitrogens with one attached hydrogen (secondary N) is 1. The maximum absolute atomic E-state index is 10.3. The zero-order valence-electron chi connectivity index (χ0n) is 13.8. The smallest absolute Gasteiger partial charge is 0.155 e. The quantitative estimate of drug-likeness (QED) is 0.505. The van der Waals surface area contributed by atoms with E-state index in [2.05, 4.69) is 37.7 Å². The van der Waals surface area contributed by atoms with Crippen molar-refractivity contribution in [2.24, 2.45) is 5.41 Å². The third-order valence-electron chi connectivity index (χ3n) is 4.30. The first-order valence-corrected chi connectivity index (χ1v) is 8.86. The van der Waals surface area contributed by atoms with Crippen molar-refractivity contribution >= 4 is 8.46 Å². The van der Waals surface area contributed by atoms with E-state index < -0.39 is 0 Å². The molecule has 116 valence electrons. The fraction of sp³-hybridized carbons (Fsp3) is 0.812. The average molecular weight is 298 g/mol. The maximum atomic E-state index is 10.3. The van der Waals surface area contributed by atoms with E-state index >= 15 is 0 Å². The van der Waals surface area contributed by atoms with Crippen LogP contribution in [0.1, 0.15) is 71.3 Å². The summed E-state index contributed by atoms with van der Waals surface area (Å²) < 4.78 is 10.3. The molecule has 0 aliphatic rings. The first kappa shape index (κ1) is 19.3. The molecule has 0 aromatic carbocycles. The minimum Gasteiger partial charge on any atom is -0.346 e. The van der Waals surface area contributed by atoms with E-state index in [1.54, 1.807) is 0 Å². The Morgan fingerprint density at radius 1 is 1.20 bits per heavy atom. The fourth-order valence-electron chi connectivity index (χ4n) is 2.45. The summed E-state index contributed by atoms with van der Waals surface area (Å²) in [7, 11) is 0.311. The Balaban J connectivity index is 0.000000388. The lowest BCUT2D eigenvalue weighted by molar-refractivity contribution is 0.227. The van der Waals surface area contributed by atoms with Crippen LogP contribution in [0.3, 0.4) is 0 Å². The Bertz CT molecular complexity index is 351. The summed E-state index contributed by atoms with van der Waals surface area (Å²) in [6, 6.07) is 0. The van der Waals surface area contributed by atoms with Crippen LogP contribution >= 0.6 is 8.46 Å². The Labute approximate surface area is 126 Å². The summed E-state index contributed by atoms with van der Waals surface area (Å²) in [5, 5.41) is 0. The summed E-state index contributed by atoms with van der Waals surface area (Å²) in [4.78, 5) is 7.19. The number of aromatic amines is 1. The molecule has 1 heterocycles. The molecule has 0 atom stereocenters. The third kappa shape index (κ3) is 7.19. The second-order valence-electron chi connectivity index (χ2n) is 5.38. The molecule has 3 nitrogen and oxygen atoms in total. The molecule has 0 bridgehead atoms. The van der Waals surface area contributed by atoms with E-state index in [-0.39, 0.29) is 0 Å². The Morgan fingerprint density at radius 3 is 2.10 bits per heavy atom. The second-order valence-corrected chi connectivity index (χ2v) is 6.09. The number of hydrogen-bond acceptors (Lipinski definition) is 2. The summed E-state index contributed by atoms with van der Waals surface area (Å²) in [5.41, 5.74) is 1.67. The molecule has 0 fully saturated rings. The van der Waals surface area contributed by atoms with Gasteiger partial charge in [-0.2, -0.15) is 0 Å². The number of hydrogen-bond donors (Lipinski definition) is 1. The van der Waals surface area contributed by atoms with Gasteiger partial charge in [-0.15, -0.1) is 0 Å². The second kappa shape index (κ2) is 11.0. The van der Waals surface area contributed by atoms with E-state index in [4.69, 9.17) is 0 Å². The van der Waals surface area contributed by atoms with Gasteiger partial charge in [-0.1, -0.05) is 47.0 Å². The molecule has 0 saturated heterocycles. The highest BCUT2D eigenvalue weighted by Crippen LogP contribution is 2.35. The Hall–Kier alpha value is -0.690. The third-order valence-corrected chi connectivity index (χ3v) is 4.80. The molecule has 0 radical (unpaired) electrons. The van der Waals surface area contributed by atoms with Crippen molar-refractivity contribution in [1.82, 2.24) is 9.97 Å². The van der Waals surface area contributed by atoms with Crippen LogP contribution in [0.2, 0.25) is 0 Å². The first-order chi connectivity index (χ1) is 9.57. The summed E-state index contributed by atoms with van der Waals surface area (Å²) in [6.07, 6.45) is 9.81. The van der Waals surface area contributed by atoms with Crippen molar-refractivity contribution in [3.63, 3.8) is 0 Å². The SMILES string of the molecule is CCC(CC)(CC)CCCP=O.CCc1ncc(C)[nH]1. The van der Waals surface area contributed by atoms with Crippen molar-refractivity contribution < 1.29 is 4.57 Å². The Morgan fingerprint density at radius 2 is 1.80 bits per heavy atom. The molecule has 1 aromatic heterocycles. The van der Waals surface area contributed by atoms with E-state index in [1.807, 2.05) is 13.1 Å². The van der Waals surface area contributed by atoms with Gasteiger partial charge in [-0.05, 0) is 25.2 Å². The van der Waals surface area contributed by atoms with Crippen LogP contribution in [0.4, 0.5) is 0 Å². The van der Waals surface area contributed by atoms with E-state index in [0.29, 0.717) is 13.9 Å². The maximum Gasteiger partial charge on any atom is 0.155 e. The van der Waals surface area contributed by atoms with Crippen molar-refractivity contribution in [2.45, 2.75) is 73.1 Å².